The minimum atomic E-state index is -0.356. The van der Waals surface area contributed by atoms with E-state index in [2.05, 4.69) is 17.2 Å². The first kappa shape index (κ1) is 7.68. The van der Waals surface area contributed by atoms with Gasteiger partial charge in [0.15, 0.2) is 0 Å². The van der Waals surface area contributed by atoms with Crippen LogP contribution in [0, 0.1) is 0 Å². The van der Waals surface area contributed by atoms with Crippen LogP contribution in [0.4, 0.5) is 0 Å². The number of rotatable bonds is 2. The second-order valence-electron chi connectivity index (χ2n) is 1.52. The third-order valence-corrected chi connectivity index (χ3v) is 0.548. The van der Waals surface area contributed by atoms with Crippen molar-refractivity contribution in [2.75, 3.05) is 0 Å². The molecule has 1 amide bonds. The highest BCUT2D eigenvalue weighted by atomic mass is 16.2. The number of hydrazone groups is 1. The highest BCUT2D eigenvalue weighted by Crippen LogP contribution is 1.77. The molecule has 0 saturated carbocycles. The van der Waals surface area contributed by atoms with Crippen LogP contribution in [-0.2, 0) is 4.79 Å². The fourth-order valence-corrected chi connectivity index (χ4v) is 0.317. The van der Waals surface area contributed by atoms with Crippen LogP contribution in [0.1, 0.15) is 6.92 Å². The number of nitrogens with one attached hydrogen (secondary N) is 1. The van der Waals surface area contributed by atoms with Crippen LogP contribution >= 0.6 is 0 Å². The second kappa shape index (κ2) is 3.65. The zero-order valence-electron chi connectivity index (χ0n) is 5.22. The lowest BCUT2D eigenvalue weighted by atomic mass is 10.4. The topological polar surface area (TPSA) is 67.5 Å². The number of hydrogen-bond acceptors (Lipinski definition) is 3. The molecule has 0 aromatic heterocycles. The molecule has 0 atom stereocenters. The first-order chi connectivity index (χ1) is 4.16. The maximum Gasteiger partial charge on any atom is 0.265 e. The monoisotopic (exact) mass is 127 g/mol. The molecule has 3 N–H and O–H groups in total. The minimum Gasteiger partial charge on any atom is -0.402 e. The molecule has 0 rings (SSSR count). The Morgan fingerprint density at radius 1 is 1.89 bits per heavy atom. The number of carbonyl (C=O) groups is 1. The summed E-state index contributed by atoms with van der Waals surface area (Å²) < 4.78 is 0. The number of nitrogens with two attached hydrogens (primary N) is 1. The van der Waals surface area contributed by atoms with Gasteiger partial charge in [0.1, 0.15) is 0 Å². The summed E-state index contributed by atoms with van der Waals surface area (Å²) >= 11 is 0. The standard InChI is InChI=1S/C5H9N3O/c1-4(6)3-5(9)8-7-2/h3H,2,6H2,1H3,(H,8,9). The minimum absolute atomic E-state index is 0.356. The molecule has 0 saturated heterocycles. The van der Waals surface area contributed by atoms with E-state index < -0.39 is 0 Å². The van der Waals surface area contributed by atoms with Crippen molar-refractivity contribution in [1.29, 1.82) is 0 Å². The zero-order valence-corrected chi connectivity index (χ0v) is 5.22. The Kier molecular flexibility index (Phi) is 3.12. The number of carbonyl (C=O) groups excluding carboxylic acids is 1. The molecule has 0 aliphatic carbocycles. The summed E-state index contributed by atoms with van der Waals surface area (Å²) in [6, 6.07) is 0. The summed E-state index contributed by atoms with van der Waals surface area (Å²) in [6.07, 6.45) is 1.23. The van der Waals surface area contributed by atoms with E-state index in [1.165, 1.54) is 6.08 Å². The Bertz CT molecular complexity index is 146. The molecule has 0 fully saturated rings. The molecule has 0 aliphatic rings. The van der Waals surface area contributed by atoms with E-state index in [1.807, 2.05) is 0 Å². The third kappa shape index (κ3) is 4.53. The SMILES string of the molecule is C=NNC(=O)C=C(C)N. The number of amides is 1. The van der Waals surface area contributed by atoms with Gasteiger partial charge in [-0.3, -0.25) is 4.79 Å². The lowest BCUT2D eigenvalue weighted by Gasteiger charge is -1.90. The molecule has 0 aromatic carbocycles. The predicted octanol–water partition coefficient (Wildman–Crippen LogP) is -0.419. The molecule has 9 heavy (non-hydrogen) atoms. The van der Waals surface area contributed by atoms with E-state index in [1.54, 1.807) is 6.92 Å². The van der Waals surface area contributed by atoms with Crippen LogP contribution in [0.2, 0.25) is 0 Å². The number of allylic oxidation sites excluding steroid dienone is 1. The van der Waals surface area contributed by atoms with Crippen molar-refractivity contribution in [3.8, 4) is 0 Å². The van der Waals surface area contributed by atoms with Crippen LogP contribution in [0.15, 0.2) is 16.9 Å². The second-order valence-corrected chi connectivity index (χ2v) is 1.52. The average molecular weight is 127 g/mol. The molecule has 0 heterocycles. The van der Waals surface area contributed by atoms with Gasteiger partial charge in [-0.15, -0.1) is 0 Å². The van der Waals surface area contributed by atoms with Crippen molar-refractivity contribution in [3.63, 3.8) is 0 Å². The summed E-state index contributed by atoms with van der Waals surface area (Å²) in [5.74, 6) is -0.356. The molecule has 0 radical (unpaired) electrons. The van der Waals surface area contributed by atoms with E-state index in [4.69, 9.17) is 5.73 Å². The van der Waals surface area contributed by atoms with Crippen LogP contribution in [-0.4, -0.2) is 12.6 Å². The van der Waals surface area contributed by atoms with Crippen molar-refractivity contribution in [1.82, 2.24) is 5.43 Å². The van der Waals surface area contributed by atoms with Gasteiger partial charge >= 0.3 is 0 Å². The van der Waals surface area contributed by atoms with Crippen molar-refractivity contribution in [2.45, 2.75) is 6.92 Å². The maximum atomic E-state index is 10.5. The molecule has 0 spiro atoms. The first-order valence-corrected chi connectivity index (χ1v) is 2.36. The molecule has 0 bridgehead atoms. The fraction of sp³-hybridized carbons (Fsp3) is 0.200. The smallest absolute Gasteiger partial charge is 0.265 e. The molecule has 0 unspecified atom stereocenters. The van der Waals surface area contributed by atoms with E-state index in [9.17, 15) is 4.79 Å². The summed E-state index contributed by atoms with van der Waals surface area (Å²) in [6.45, 7) is 4.67. The Hall–Kier alpha value is -1.32. The van der Waals surface area contributed by atoms with Gasteiger partial charge in [-0.2, -0.15) is 5.10 Å². The Morgan fingerprint density at radius 2 is 2.44 bits per heavy atom. The van der Waals surface area contributed by atoms with Crippen LogP contribution in [0.5, 0.6) is 0 Å². The van der Waals surface area contributed by atoms with Crippen LogP contribution in [0.3, 0.4) is 0 Å². The largest absolute Gasteiger partial charge is 0.402 e. The summed E-state index contributed by atoms with van der Waals surface area (Å²) in [7, 11) is 0. The quantitative estimate of drug-likeness (QED) is 0.300. The van der Waals surface area contributed by atoms with Gasteiger partial charge in [0, 0.05) is 18.5 Å². The van der Waals surface area contributed by atoms with Gasteiger partial charge in [0.05, 0.1) is 0 Å². The Labute approximate surface area is 53.4 Å². The first-order valence-electron chi connectivity index (χ1n) is 2.36. The molecule has 0 aromatic rings. The van der Waals surface area contributed by atoms with Gasteiger partial charge < -0.3 is 5.73 Å². The van der Waals surface area contributed by atoms with E-state index in [0.29, 0.717) is 5.70 Å². The summed E-state index contributed by atoms with van der Waals surface area (Å²) in [5, 5.41) is 3.14. The fourth-order valence-electron chi connectivity index (χ4n) is 0.317. The van der Waals surface area contributed by atoms with Gasteiger partial charge in [-0.25, -0.2) is 5.43 Å². The van der Waals surface area contributed by atoms with Crippen molar-refractivity contribution in [3.05, 3.63) is 11.8 Å². The number of hydrogen-bond donors (Lipinski definition) is 2. The lowest BCUT2D eigenvalue weighted by molar-refractivity contribution is -0.116. The molecular formula is C5H9N3O. The zero-order chi connectivity index (χ0) is 7.28. The molecule has 0 aliphatic heterocycles. The molecular weight excluding hydrogens is 118 g/mol. The van der Waals surface area contributed by atoms with Gasteiger partial charge in [0.2, 0.25) is 0 Å². The van der Waals surface area contributed by atoms with Crippen molar-refractivity contribution >= 4 is 12.6 Å². The van der Waals surface area contributed by atoms with Crippen molar-refractivity contribution in [2.24, 2.45) is 10.8 Å². The van der Waals surface area contributed by atoms with Crippen LogP contribution in [0.25, 0.3) is 0 Å². The summed E-state index contributed by atoms with van der Waals surface area (Å²) in [4.78, 5) is 10.5. The lowest BCUT2D eigenvalue weighted by Crippen LogP contribution is -2.14. The Morgan fingerprint density at radius 3 is 2.78 bits per heavy atom. The third-order valence-electron chi connectivity index (χ3n) is 0.548. The van der Waals surface area contributed by atoms with E-state index in [0.717, 1.165) is 0 Å². The highest BCUT2D eigenvalue weighted by Gasteiger charge is 1.89. The van der Waals surface area contributed by atoms with E-state index in [-0.39, 0.29) is 5.91 Å². The molecule has 50 valence electrons. The normalized spacial score (nSPS) is 10.6. The predicted molar refractivity (Wildman–Crippen MR) is 35.6 cm³/mol. The van der Waals surface area contributed by atoms with Crippen molar-refractivity contribution < 1.29 is 4.79 Å². The Balaban J connectivity index is 3.76. The summed E-state index contributed by atoms with van der Waals surface area (Å²) in [5.41, 5.74) is 7.70. The molecule has 4 nitrogen and oxygen atoms in total. The van der Waals surface area contributed by atoms with Gasteiger partial charge in [0.25, 0.3) is 5.91 Å². The number of nitrogens with zero attached hydrogens (tertiary/aromatic N) is 1. The molecule has 4 heteroatoms. The van der Waals surface area contributed by atoms with Gasteiger partial charge in [-0.05, 0) is 6.92 Å². The maximum absolute atomic E-state index is 10.5. The van der Waals surface area contributed by atoms with Crippen LogP contribution < -0.4 is 11.2 Å². The average Bonchev–Trinajstić information content (AvgIpc) is 1.63. The highest BCUT2D eigenvalue weighted by molar-refractivity contribution is 5.87. The van der Waals surface area contributed by atoms with Gasteiger partial charge in [-0.1, -0.05) is 0 Å². The van der Waals surface area contributed by atoms with E-state index >= 15 is 0 Å².